The Bertz CT molecular complexity index is 819. The second-order valence-corrected chi connectivity index (χ2v) is 7.49. The number of aromatic nitrogens is 3. The van der Waals surface area contributed by atoms with Crippen LogP contribution in [0.15, 0.2) is 29.4 Å². The van der Waals surface area contributed by atoms with Gasteiger partial charge in [0.1, 0.15) is 5.82 Å². The van der Waals surface area contributed by atoms with Crippen molar-refractivity contribution in [3.8, 4) is 0 Å². The summed E-state index contributed by atoms with van der Waals surface area (Å²) in [5.74, 6) is 1.47. The summed E-state index contributed by atoms with van der Waals surface area (Å²) >= 11 is 1.43. The molecule has 1 aromatic carbocycles. The minimum absolute atomic E-state index is 0.219. The molecule has 0 radical (unpaired) electrons. The number of carbonyl (C=O) groups excluding carboxylic acids is 2. The third-order valence-electron chi connectivity index (χ3n) is 4.75. The van der Waals surface area contributed by atoms with Crippen molar-refractivity contribution in [3.63, 3.8) is 0 Å². The highest BCUT2D eigenvalue weighted by Crippen LogP contribution is 2.46. The first kappa shape index (κ1) is 14.2. The third kappa shape index (κ3) is 2.18. The number of rotatable bonds is 5. The zero-order chi connectivity index (χ0) is 16.3. The van der Waals surface area contributed by atoms with E-state index in [1.807, 2.05) is 0 Å². The van der Waals surface area contributed by atoms with Crippen LogP contribution in [0.5, 0.6) is 0 Å². The van der Waals surface area contributed by atoms with Gasteiger partial charge in [-0.1, -0.05) is 23.9 Å². The summed E-state index contributed by atoms with van der Waals surface area (Å²) in [7, 11) is 0. The SMILES string of the molecule is O=C1c2ccccc2C(=O)N1CSc1nnc(C2CC2)n1C1CC1. The molecule has 3 aliphatic rings. The van der Waals surface area contributed by atoms with E-state index in [0.29, 0.717) is 23.1 Å². The van der Waals surface area contributed by atoms with Gasteiger partial charge in [0.15, 0.2) is 5.16 Å². The van der Waals surface area contributed by atoms with Crippen molar-refractivity contribution in [1.82, 2.24) is 19.7 Å². The van der Waals surface area contributed by atoms with E-state index in [0.717, 1.165) is 11.0 Å². The van der Waals surface area contributed by atoms with E-state index in [-0.39, 0.29) is 17.7 Å². The van der Waals surface area contributed by atoms with Gasteiger partial charge < -0.3 is 4.57 Å². The minimum Gasteiger partial charge on any atom is -0.303 e. The summed E-state index contributed by atoms with van der Waals surface area (Å²) in [5, 5.41) is 9.52. The van der Waals surface area contributed by atoms with Crippen LogP contribution in [0.4, 0.5) is 0 Å². The van der Waals surface area contributed by atoms with E-state index in [2.05, 4.69) is 14.8 Å². The molecule has 2 aliphatic carbocycles. The van der Waals surface area contributed by atoms with Crippen LogP contribution in [0.3, 0.4) is 0 Å². The average Bonchev–Trinajstić information content (AvgIpc) is 3.53. The predicted octanol–water partition coefficient (Wildman–Crippen LogP) is 2.84. The van der Waals surface area contributed by atoms with Crippen molar-refractivity contribution >= 4 is 23.6 Å². The van der Waals surface area contributed by atoms with Gasteiger partial charge in [0.05, 0.1) is 17.0 Å². The first-order chi connectivity index (χ1) is 11.7. The molecule has 2 aromatic rings. The number of thioether (sulfide) groups is 1. The highest BCUT2D eigenvalue weighted by Gasteiger charge is 2.38. The van der Waals surface area contributed by atoms with Gasteiger partial charge >= 0.3 is 0 Å². The van der Waals surface area contributed by atoms with Crippen LogP contribution in [0.25, 0.3) is 0 Å². The van der Waals surface area contributed by atoms with Gasteiger partial charge in [-0.2, -0.15) is 0 Å². The van der Waals surface area contributed by atoms with Crippen molar-refractivity contribution in [2.24, 2.45) is 0 Å². The Morgan fingerprint density at radius 3 is 2.25 bits per heavy atom. The largest absolute Gasteiger partial charge is 0.303 e. The predicted molar refractivity (Wildman–Crippen MR) is 87.9 cm³/mol. The Hall–Kier alpha value is -2.15. The lowest BCUT2D eigenvalue weighted by Crippen LogP contribution is -2.29. The first-order valence-corrected chi connectivity index (χ1v) is 9.25. The van der Waals surface area contributed by atoms with E-state index in [1.165, 1.54) is 42.3 Å². The van der Waals surface area contributed by atoms with Gasteiger partial charge in [0, 0.05) is 12.0 Å². The lowest BCUT2D eigenvalue weighted by Gasteiger charge is -2.13. The smallest absolute Gasteiger partial charge is 0.262 e. The molecular formula is C17H16N4O2S. The second-order valence-electron chi connectivity index (χ2n) is 6.57. The number of fused-ring (bicyclic) bond motifs is 1. The van der Waals surface area contributed by atoms with Crippen molar-refractivity contribution in [2.75, 3.05) is 5.88 Å². The lowest BCUT2D eigenvalue weighted by molar-refractivity contribution is 0.0684. The van der Waals surface area contributed by atoms with Crippen LogP contribution in [-0.2, 0) is 0 Å². The number of hydrogen-bond acceptors (Lipinski definition) is 5. The van der Waals surface area contributed by atoms with Crippen molar-refractivity contribution in [1.29, 1.82) is 0 Å². The number of nitrogens with zero attached hydrogens (tertiary/aromatic N) is 4. The summed E-state index contributed by atoms with van der Waals surface area (Å²) < 4.78 is 2.24. The lowest BCUT2D eigenvalue weighted by atomic mass is 10.1. The zero-order valence-electron chi connectivity index (χ0n) is 13.0. The highest BCUT2D eigenvalue weighted by molar-refractivity contribution is 7.99. The molecule has 2 amide bonds. The molecule has 5 rings (SSSR count). The van der Waals surface area contributed by atoms with E-state index in [1.54, 1.807) is 24.3 Å². The Labute approximate surface area is 143 Å². The van der Waals surface area contributed by atoms with Crippen LogP contribution >= 0.6 is 11.8 Å². The molecule has 1 aromatic heterocycles. The number of imide groups is 1. The fraction of sp³-hybridized carbons (Fsp3) is 0.412. The summed E-state index contributed by atoms with van der Waals surface area (Å²) in [5.41, 5.74) is 0.982. The van der Waals surface area contributed by atoms with Gasteiger partial charge in [-0.3, -0.25) is 14.5 Å². The van der Waals surface area contributed by atoms with Crippen LogP contribution in [0.2, 0.25) is 0 Å². The van der Waals surface area contributed by atoms with Crippen molar-refractivity contribution in [3.05, 3.63) is 41.2 Å². The first-order valence-electron chi connectivity index (χ1n) is 8.27. The van der Waals surface area contributed by atoms with Crippen molar-refractivity contribution in [2.45, 2.75) is 42.8 Å². The number of amides is 2. The molecule has 2 heterocycles. The molecule has 122 valence electrons. The van der Waals surface area contributed by atoms with E-state index < -0.39 is 0 Å². The Morgan fingerprint density at radius 1 is 1.00 bits per heavy atom. The van der Waals surface area contributed by atoms with Crippen molar-refractivity contribution < 1.29 is 9.59 Å². The summed E-state index contributed by atoms with van der Waals surface area (Å²) in [4.78, 5) is 26.2. The van der Waals surface area contributed by atoms with Crippen LogP contribution in [0.1, 0.15) is 64.2 Å². The molecule has 0 bridgehead atoms. The van der Waals surface area contributed by atoms with E-state index in [4.69, 9.17) is 0 Å². The molecule has 2 saturated carbocycles. The molecule has 24 heavy (non-hydrogen) atoms. The van der Waals surface area contributed by atoms with E-state index >= 15 is 0 Å². The standard InChI is InChI=1S/C17H16N4O2S/c22-15-12-3-1-2-4-13(12)16(23)20(15)9-24-17-19-18-14(10-5-6-10)21(17)11-7-8-11/h1-4,10-11H,5-9H2. The monoisotopic (exact) mass is 340 g/mol. The van der Waals surface area contributed by atoms with E-state index in [9.17, 15) is 9.59 Å². The van der Waals surface area contributed by atoms with Crippen LogP contribution in [-0.4, -0.2) is 37.4 Å². The molecule has 0 N–H and O–H groups in total. The highest BCUT2D eigenvalue weighted by atomic mass is 32.2. The fourth-order valence-electron chi connectivity index (χ4n) is 3.16. The van der Waals surface area contributed by atoms with Gasteiger partial charge in [-0.05, 0) is 37.8 Å². The normalized spacial score (nSPS) is 19.9. The fourth-order valence-corrected chi connectivity index (χ4v) is 4.12. The average molecular weight is 340 g/mol. The molecule has 1 aliphatic heterocycles. The molecule has 6 nitrogen and oxygen atoms in total. The topological polar surface area (TPSA) is 68.1 Å². The molecule has 2 fully saturated rings. The molecule has 0 saturated heterocycles. The van der Waals surface area contributed by atoms with Gasteiger partial charge in [-0.25, -0.2) is 0 Å². The molecule has 0 atom stereocenters. The second kappa shape index (κ2) is 5.17. The summed E-state index contributed by atoms with van der Waals surface area (Å²) in [6, 6.07) is 7.48. The zero-order valence-corrected chi connectivity index (χ0v) is 13.8. The molecular weight excluding hydrogens is 324 g/mol. The molecule has 0 spiro atoms. The molecule has 7 heteroatoms. The third-order valence-corrected chi connectivity index (χ3v) is 5.67. The van der Waals surface area contributed by atoms with Gasteiger partial charge in [0.25, 0.3) is 11.8 Å². The maximum absolute atomic E-state index is 12.4. The van der Waals surface area contributed by atoms with Crippen LogP contribution in [0, 0.1) is 0 Å². The quantitative estimate of drug-likeness (QED) is 0.618. The number of benzene rings is 1. The maximum atomic E-state index is 12.4. The minimum atomic E-state index is -0.219. The van der Waals surface area contributed by atoms with Crippen LogP contribution < -0.4 is 0 Å². The molecule has 0 unspecified atom stereocenters. The van der Waals surface area contributed by atoms with Gasteiger partial charge in [-0.15, -0.1) is 10.2 Å². The maximum Gasteiger partial charge on any atom is 0.262 e. The Kier molecular flexibility index (Phi) is 3.06. The Balaban J connectivity index is 1.37. The Morgan fingerprint density at radius 2 is 1.67 bits per heavy atom. The summed E-state index contributed by atoms with van der Waals surface area (Å²) in [6.45, 7) is 0. The van der Waals surface area contributed by atoms with Gasteiger partial charge in [0.2, 0.25) is 0 Å². The summed E-state index contributed by atoms with van der Waals surface area (Å²) in [6.07, 6.45) is 4.71. The number of hydrogen-bond donors (Lipinski definition) is 0. The number of carbonyl (C=O) groups is 2.